The molecule has 0 aliphatic carbocycles. The van der Waals surface area contributed by atoms with Crippen LogP contribution in [0.1, 0.15) is 15.9 Å². The predicted octanol–water partition coefficient (Wildman–Crippen LogP) is 4.29. The molecule has 158 valence electrons. The number of carbonyl (C=O) groups excluding carboxylic acids is 1. The first-order chi connectivity index (χ1) is 14.8. The van der Waals surface area contributed by atoms with E-state index in [4.69, 9.17) is 32.6 Å². The number of carbonyl (C=O) groups is 2. The summed E-state index contributed by atoms with van der Waals surface area (Å²) in [6.45, 7) is 0.0446. The van der Waals surface area contributed by atoms with Crippen molar-refractivity contribution in [2.45, 2.75) is 0 Å². The van der Waals surface area contributed by atoms with Gasteiger partial charge in [-0.15, -0.1) is 6.42 Å². The summed E-state index contributed by atoms with van der Waals surface area (Å²) in [6, 6.07) is 9.41. The van der Waals surface area contributed by atoms with E-state index < -0.39 is 5.97 Å². The lowest BCUT2D eigenvalue weighted by Gasteiger charge is -2.11. The van der Waals surface area contributed by atoms with Crippen molar-refractivity contribution in [2.75, 3.05) is 20.8 Å². The predicted molar refractivity (Wildman–Crippen MR) is 121 cm³/mol. The molecule has 2 aromatic carbocycles. The maximum atomic E-state index is 12.7. The lowest BCUT2D eigenvalue weighted by atomic mass is 10.2. The molecule has 0 radical (unpaired) electrons. The first kappa shape index (κ1) is 22.3. The van der Waals surface area contributed by atoms with Crippen molar-refractivity contribution < 1.29 is 24.2 Å². The Morgan fingerprint density at radius 1 is 1.35 bits per heavy atom. The Labute approximate surface area is 188 Å². The zero-order chi connectivity index (χ0) is 22.5. The second kappa shape index (κ2) is 9.60. The lowest BCUT2D eigenvalue weighted by molar-refractivity contribution is -0.121. The van der Waals surface area contributed by atoms with Gasteiger partial charge in [-0.05, 0) is 59.8 Å². The maximum absolute atomic E-state index is 12.7. The van der Waals surface area contributed by atoms with E-state index in [1.165, 1.54) is 35.9 Å². The van der Waals surface area contributed by atoms with Crippen LogP contribution in [0.25, 0.3) is 6.08 Å². The SMILES string of the molecule is C#CCOc1c(Cl)cc(/C=C2/SC(=Nc3ccc(C(=O)O)cc3)N(C)C2=O)cc1OC. The molecule has 7 nitrogen and oxygen atoms in total. The summed E-state index contributed by atoms with van der Waals surface area (Å²) >= 11 is 7.49. The van der Waals surface area contributed by atoms with Gasteiger partial charge < -0.3 is 14.6 Å². The van der Waals surface area contributed by atoms with Gasteiger partial charge in [0.2, 0.25) is 0 Å². The number of carboxylic acids is 1. The first-order valence-corrected chi connectivity index (χ1v) is 10.1. The highest BCUT2D eigenvalue weighted by Crippen LogP contribution is 2.39. The molecule has 2 aromatic rings. The van der Waals surface area contributed by atoms with E-state index in [1.54, 1.807) is 37.4 Å². The van der Waals surface area contributed by atoms with Crippen LogP contribution in [0.5, 0.6) is 11.5 Å². The fourth-order valence-electron chi connectivity index (χ4n) is 2.67. The molecule has 0 bridgehead atoms. The number of ether oxygens (including phenoxy) is 2. The number of hydrogen-bond acceptors (Lipinski definition) is 6. The number of amides is 1. The smallest absolute Gasteiger partial charge is 0.335 e. The molecule has 9 heteroatoms. The van der Waals surface area contributed by atoms with Crippen molar-refractivity contribution in [3.63, 3.8) is 0 Å². The Kier molecular flexibility index (Phi) is 6.90. The maximum Gasteiger partial charge on any atom is 0.335 e. The number of nitrogens with zero attached hydrogens (tertiary/aromatic N) is 2. The number of terminal acetylenes is 1. The molecule has 31 heavy (non-hydrogen) atoms. The first-order valence-electron chi connectivity index (χ1n) is 8.87. The molecule has 0 spiro atoms. The van der Waals surface area contributed by atoms with Gasteiger partial charge in [-0.25, -0.2) is 9.79 Å². The summed E-state index contributed by atoms with van der Waals surface area (Å²) in [4.78, 5) is 30.0. The van der Waals surface area contributed by atoms with Crippen molar-refractivity contribution in [3.8, 4) is 23.8 Å². The number of methoxy groups -OCH3 is 1. The molecule has 0 unspecified atom stereocenters. The number of carboxylic acid groups (broad SMARTS) is 1. The molecule has 3 rings (SSSR count). The zero-order valence-electron chi connectivity index (χ0n) is 16.6. The number of rotatable bonds is 6. The van der Waals surface area contributed by atoms with Crippen LogP contribution in [-0.4, -0.2) is 47.8 Å². The van der Waals surface area contributed by atoms with Crippen molar-refractivity contribution in [1.82, 2.24) is 4.90 Å². The van der Waals surface area contributed by atoms with Gasteiger partial charge in [0.05, 0.1) is 28.3 Å². The summed E-state index contributed by atoms with van der Waals surface area (Å²) in [6.07, 6.45) is 6.90. The number of aromatic carboxylic acids is 1. The third-order valence-electron chi connectivity index (χ3n) is 4.19. The molecular formula is C22H17ClN2O5S. The monoisotopic (exact) mass is 456 g/mol. The van der Waals surface area contributed by atoms with E-state index in [9.17, 15) is 9.59 Å². The standard InChI is InChI=1S/C22H17ClN2O5S/c1-4-9-30-19-16(23)10-13(11-17(19)29-3)12-18-20(26)25(2)22(31-18)24-15-7-5-14(6-8-15)21(27)28/h1,5-8,10-12H,9H2,2-3H3,(H,27,28)/b18-12+,24-22?. The van der Waals surface area contributed by atoms with Crippen molar-refractivity contribution >= 4 is 52.2 Å². The van der Waals surface area contributed by atoms with Crippen LogP contribution in [-0.2, 0) is 4.79 Å². The van der Waals surface area contributed by atoms with Crippen LogP contribution in [0.15, 0.2) is 46.3 Å². The average molecular weight is 457 g/mol. The molecule has 1 aliphatic heterocycles. The van der Waals surface area contributed by atoms with Crippen LogP contribution in [0, 0.1) is 12.3 Å². The fraction of sp³-hybridized carbons (Fsp3) is 0.136. The normalized spacial score (nSPS) is 15.9. The van der Waals surface area contributed by atoms with Crippen molar-refractivity contribution in [3.05, 3.63) is 57.5 Å². The van der Waals surface area contributed by atoms with Crippen molar-refractivity contribution in [2.24, 2.45) is 4.99 Å². The topological polar surface area (TPSA) is 88.4 Å². The van der Waals surface area contributed by atoms with Crippen LogP contribution in [0.3, 0.4) is 0 Å². The Morgan fingerprint density at radius 3 is 2.68 bits per heavy atom. The molecule has 1 heterocycles. The van der Waals surface area contributed by atoms with Crippen LogP contribution < -0.4 is 9.47 Å². The Morgan fingerprint density at radius 2 is 2.06 bits per heavy atom. The molecular weight excluding hydrogens is 440 g/mol. The van der Waals surface area contributed by atoms with Gasteiger partial charge in [-0.3, -0.25) is 9.69 Å². The van der Waals surface area contributed by atoms with E-state index in [-0.39, 0.29) is 18.1 Å². The van der Waals surface area contributed by atoms with Gasteiger partial charge in [-0.2, -0.15) is 0 Å². The number of hydrogen-bond donors (Lipinski definition) is 1. The highest BCUT2D eigenvalue weighted by atomic mass is 35.5. The summed E-state index contributed by atoms with van der Waals surface area (Å²) in [5.41, 5.74) is 1.34. The molecule has 1 aliphatic rings. The van der Waals surface area contributed by atoms with Gasteiger partial charge in [0.25, 0.3) is 5.91 Å². The Balaban J connectivity index is 1.88. The highest BCUT2D eigenvalue weighted by Gasteiger charge is 2.30. The van der Waals surface area contributed by atoms with Gasteiger partial charge in [0.1, 0.15) is 6.61 Å². The molecule has 1 N–H and O–H groups in total. The van der Waals surface area contributed by atoms with Gasteiger partial charge >= 0.3 is 5.97 Å². The summed E-state index contributed by atoms with van der Waals surface area (Å²) in [7, 11) is 3.10. The quantitative estimate of drug-likeness (QED) is 0.515. The number of halogens is 1. The molecule has 1 saturated heterocycles. The molecule has 1 fully saturated rings. The molecule has 0 atom stereocenters. The largest absolute Gasteiger partial charge is 0.493 e. The van der Waals surface area contributed by atoms with Crippen LogP contribution in [0.2, 0.25) is 5.02 Å². The van der Waals surface area contributed by atoms with Crippen molar-refractivity contribution in [1.29, 1.82) is 0 Å². The minimum Gasteiger partial charge on any atom is -0.493 e. The number of aliphatic imine (C=N–C) groups is 1. The van der Waals surface area contributed by atoms with E-state index in [1.807, 2.05) is 0 Å². The van der Waals surface area contributed by atoms with E-state index in [0.717, 1.165) is 0 Å². The van der Waals surface area contributed by atoms with Gasteiger partial charge in [0.15, 0.2) is 16.7 Å². The average Bonchev–Trinajstić information content (AvgIpc) is 3.00. The minimum absolute atomic E-state index is 0.0446. The number of benzene rings is 2. The Hall–Kier alpha value is -3.41. The number of thioether (sulfide) groups is 1. The van der Waals surface area contributed by atoms with Gasteiger partial charge in [0, 0.05) is 7.05 Å². The number of likely N-dealkylation sites (N-methyl/N-ethyl adjacent to an activating group) is 1. The second-order valence-corrected chi connectivity index (χ2v) is 7.66. The number of amidine groups is 1. The van der Waals surface area contributed by atoms with E-state index >= 15 is 0 Å². The third kappa shape index (κ3) is 5.02. The molecule has 0 saturated carbocycles. The van der Waals surface area contributed by atoms with Gasteiger partial charge in [-0.1, -0.05) is 17.5 Å². The highest BCUT2D eigenvalue weighted by molar-refractivity contribution is 8.18. The van der Waals surface area contributed by atoms with E-state index in [2.05, 4.69) is 10.9 Å². The Bertz CT molecular complexity index is 1140. The third-order valence-corrected chi connectivity index (χ3v) is 5.53. The summed E-state index contributed by atoms with van der Waals surface area (Å²) in [5.74, 6) is 1.85. The molecule has 1 amide bonds. The van der Waals surface area contributed by atoms with Crippen LogP contribution >= 0.6 is 23.4 Å². The lowest BCUT2D eigenvalue weighted by Crippen LogP contribution is -2.23. The molecule has 0 aromatic heterocycles. The zero-order valence-corrected chi connectivity index (χ0v) is 18.2. The van der Waals surface area contributed by atoms with Crippen LogP contribution in [0.4, 0.5) is 5.69 Å². The second-order valence-electron chi connectivity index (χ2n) is 6.25. The summed E-state index contributed by atoms with van der Waals surface area (Å²) < 4.78 is 10.8. The van der Waals surface area contributed by atoms with E-state index in [0.29, 0.717) is 37.8 Å². The summed E-state index contributed by atoms with van der Waals surface area (Å²) in [5, 5.41) is 9.76. The fourth-order valence-corrected chi connectivity index (χ4v) is 3.93. The minimum atomic E-state index is -1.02.